The minimum absolute atomic E-state index is 0.0864. The number of benzene rings is 3. The zero-order chi connectivity index (χ0) is 24.8. The highest BCUT2D eigenvalue weighted by Crippen LogP contribution is 2.38. The van der Waals surface area contributed by atoms with E-state index in [-0.39, 0.29) is 19.1 Å². The highest BCUT2D eigenvalue weighted by molar-refractivity contribution is 9.10. The van der Waals surface area contributed by atoms with Crippen LogP contribution in [-0.4, -0.2) is 30.3 Å². The van der Waals surface area contributed by atoms with Crippen LogP contribution in [0.15, 0.2) is 74.7 Å². The molecule has 1 N–H and O–H groups in total. The second-order valence-corrected chi connectivity index (χ2v) is 9.17. The Morgan fingerprint density at radius 3 is 2.37 bits per heavy atom. The molecule has 4 rings (SSSR count). The van der Waals surface area contributed by atoms with Gasteiger partial charge in [0.2, 0.25) is 0 Å². The summed E-state index contributed by atoms with van der Waals surface area (Å²) >= 11 is 6.98. The first-order valence-corrected chi connectivity index (χ1v) is 12.0. The topological polar surface area (TPSA) is 63.2 Å². The molecule has 35 heavy (non-hydrogen) atoms. The number of ether oxygens (including phenoxy) is 2. The summed E-state index contributed by atoms with van der Waals surface area (Å²) in [5, 5.41) is 9.36. The van der Waals surface area contributed by atoms with Gasteiger partial charge in [-0.2, -0.15) is 5.10 Å². The fraction of sp³-hybridized carbons (Fsp3) is 0.111. The van der Waals surface area contributed by atoms with Gasteiger partial charge < -0.3 is 14.8 Å². The van der Waals surface area contributed by atoms with Gasteiger partial charge in [-0.3, -0.25) is 4.79 Å². The number of fused-ring (bicyclic) bond motifs is 1. The van der Waals surface area contributed by atoms with Crippen LogP contribution in [0.5, 0.6) is 11.5 Å². The molecule has 0 aliphatic carbocycles. The van der Waals surface area contributed by atoms with Gasteiger partial charge in [-0.05, 0) is 48.5 Å². The number of hydrazone groups is 1. The van der Waals surface area contributed by atoms with Gasteiger partial charge in [0, 0.05) is 25.8 Å². The number of hydrogen-bond acceptors (Lipinski definition) is 5. The zero-order valence-corrected chi connectivity index (χ0v) is 21.5. The Morgan fingerprint density at radius 2 is 1.63 bits per heavy atom. The monoisotopic (exact) mass is 591 g/mol. The van der Waals surface area contributed by atoms with E-state index in [4.69, 9.17) is 22.3 Å². The van der Waals surface area contributed by atoms with E-state index < -0.39 is 6.17 Å². The van der Waals surface area contributed by atoms with Crippen molar-refractivity contribution in [3.63, 3.8) is 0 Å². The fourth-order valence-electron chi connectivity index (χ4n) is 3.55. The molecule has 3 aromatic carbocycles. The number of nitrogens with zero attached hydrogens (tertiary/aromatic N) is 2. The first kappa shape index (κ1) is 24.4. The van der Waals surface area contributed by atoms with Crippen LogP contribution < -0.4 is 14.8 Å². The van der Waals surface area contributed by atoms with Crippen molar-refractivity contribution in [3.05, 3.63) is 86.3 Å². The first-order chi connectivity index (χ1) is 17.0. The Balaban J connectivity index is 1.80. The molecule has 3 aromatic rings. The van der Waals surface area contributed by atoms with E-state index in [1.807, 2.05) is 36.4 Å². The highest BCUT2D eigenvalue weighted by atomic mass is 79.9. The Labute approximate surface area is 220 Å². The third-order valence-corrected chi connectivity index (χ3v) is 6.07. The molecule has 1 amide bonds. The number of rotatable bonds is 7. The second-order valence-electron chi connectivity index (χ2n) is 7.34. The van der Waals surface area contributed by atoms with Crippen LogP contribution in [0.3, 0.4) is 0 Å². The summed E-state index contributed by atoms with van der Waals surface area (Å²) in [6.07, 6.45) is 11.7. The summed E-state index contributed by atoms with van der Waals surface area (Å²) in [6.45, 7) is 0.194. The maximum absolute atomic E-state index is 13.6. The van der Waals surface area contributed by atoms with Crippen LogP contribution in [0, 0.1) is 24.7 Å². The molecule has 1 atom stereocenters. The van der Waals surface area contributed by atoms with E-state index in [1.165, 1.54) is 5.01 Å². The average molecular weight is 593 g/mol. The van der Waals surface area contributed by atoms with E-state index in [0.29, 0.717) is 33.9 Å². The van der Waals surface area contributed by atoms with Gasteiger partial charge in [0.1, 0.15) is 24.7 Å². The van der Waals surface area contributed by atoms with Gasteiger partial charge in [-0.25, -0.2) is 5.01 Å². The molecular weight excluding hydrogens is 574 g/mol. The van der Waals surface area contributed by atoms with E-state index in [1.54, 1.807) is 30.5 Å². The maximum Gasteiger partial charge on any atom is 0.278 e. The molecule has 6 nitrogen and oxygen atoms in total. The Bertz CT molecular complexity index is 1370. The minimum Gasteiger partial charge on any atom is -0.481 e. The van der Waals surface area contributed by atoms with Crippen LogP contribution in [0.2, 0.25) is 0 Å². The van der Waals surface area contributed by atoms with Crippen LogP contribution in [0.25, 0.3) is 0 Å². The lowest BCUT2D eigenvalue weighted by molar-refractivity contribution is 0.0689. The number of carbonyl (C=O) groups is 1. The molecule has 1 unspecified atom stereocenters. The predicted octanol–water partition coefficient (Wildman–Crippen LogP) is 5.84. The molecular formula is C27H19Br2N3O3. The lowest BCUT2D eigenvalue weighted by Gasteiger charge is -2.35. The highest BCUT2D eigenvalue weighted by Gasteiger charge is 2.34. The van der Waals surface area contributed by atoms with Crippen molar-refractivity contribution in [2.24, 2.45) is 5.10 Å². The lowest BCUT2D eigenvalue weighted by atomic mass is 10.0. The van der Waals surface area contributed by atoms with Crippen LogP contribution in [0.4, 0.5) is 5.69 Å². The summed E-state index contributed by atoms with van der Waals surface area (Å²) in [4.78, 5) is 13.6. The molecule has 0 saturated heterocycles. The number of nitrogens with one attached hydrogen (secondary N) is 1. The summed E-state index contributed by atoms with van der Waals surface area (Å²) in [5.41, 5.74) is 2.53. The summed E-state index contributed by atoms with van der Waals surface area (Å²) in [6, 6.07) is 18.2. The molecule has 0 radical (unpaired) electrons. The molecule has 0 saturated carbocycles. The fourth-order valence-corrected chi connectivity index (χ4v) is 4.31. The van der Waals surface area contributed by atoms with Crippen molar-refractivity contribution in [1.29, 1.82) is 0 Å². The van der Waals surface area contributed by atoms with Gasteiger partial charge in [0.05, 0.1) is 11.8 Å². The van der Waals surface area contributed by atoms with Gasteiger partial charge in [-0.1, -0.05) is 55.8 Å². The molecule has 0 fully saturated rings. The SMILES string of the molecule is C#CCOc1ccc(Br)cc1C=NN1C(=O)c2ccccc2NC1c1cc(Br)ccc1OCC#C. The van der Waals surface area contributed by atoms with Crippen molar-refractivity contribution in [1.82, 2.24) is 5.01 Å². The smallest absolute Gasteiger partial charge is 0.278 e. The van der Waals surface area contributed by atoms with Gasteiger partial charge >= 0.3 is 0 Å². The van der Waals surface area contributed by atoms with E-state index in [9.17, 15) is 4.79 Å². The van der Waals surface area contributed by atoms with Crippen LogP contribution >= 0.6 is 31.9 Å². The summed E-state index contributed by atoms with van der Waals surface area (Å²) in [7, 11) is 0. The molecule has 8 heteroatoms. The number of hydrogen-bond donors (Lipinski definition) is 1. The summed E-state index contributed by atoms with van der Waals surface area (Å²) < 4.78 is 13.1. The van der Waals surface area contributed by atoms with Crippen molar-refractivity contribution in [3.8, 4) is 36.2 Å². The van der Waals surface area contributed by atoms with Crippen molar-refractivity contribution < 1.29 is 14.3 Å². The Kier molecular flexibility index (Phi) is 7.77. The van der Waals surface area contributed by atoms with Crippen molar-refractivity contribution in [2.75, 3.05) is 18.5 Å². The molecule has 0 aromatic heterocycles. The van der Waals surface area contributed by atoms with Gasteiger partial charge in [0.25, 0.3) is 5.91 Å². The molecule has 1 aliphatic rings. The quantitative estimate of drug-likeness (QED) is 0.277. The third kappa shape index (κ3) is 5.51. The molecule has 1 heterocycles. The van der Waals surface area contributed by atoms with Gasteiger partial charge in [-0.15, -0.1) is 12.8 Å². The second kappa shape index (κ2) is 11.1. The van der Waals surface area contributed by atoms with Crippen molar-refractivity contribution >= 4 is 49.7 Å². The zero-order valence-electron chi connectivity index (χ0n) is 18.4. The minimum atomic E-state index is -0.666. The molecule has 0 spiro atoms. The van der Waals surface area contributed by atoms with Crippen molar-refractivity contribution in [2.45, 2.75) is 6.17 Å². The van der Waals surface area contributed by atoms with Gasteiger partial charge in [0.15, 0.2) is 6.17 Å². The number of terminal acetylenes is 2. The third-order valence-electron chi connectivity index (χ3n) is 5.08. The lowest BCUT2D eigenvalue weighted by Crippen LogP contribution is -2.39. The molecule has 174 valence electrons. The summed E-state index contributed by atoms with van der Waals surface area (Å²) in [5.74, 6) is 5.74. The van der Waals surface area contributed by atoms with E-state index in [0.717, 1.165) is 8.95 Å². The Morgan fingerprint density at radius 1 is 0.971 bits per heavy atom. The largest absolute Gasteiger partial charge is 0.481 e. The number of amides is 1. The predicted molar refractivity (Wildman–Crippen MR) is 144 cm³/mol. The number of carbonyl (C=O) groups excluding carboxylic acids is 1. The molecule has 0 bridgehead atoms. The first-order valence-electron chi connectivity index (χ1n) is 10.5. The Hall–Kier alpha value is -3.72. The van der Waals surface area contributed by atoms with E-state index in [2.05, 4.69) is 54.1 Å². The van der Waals surface area contributed by atoms with Crippen LogP contribution in [0.1, 0.15) is 27.7 Å². The molecule has 1 aliphatic heterocycles. The number of halogens is 2. The van der Waals surface area contributed by atoms with E-state index >= 15 is 0 Å². The number of anilines is 1. The van der Waals surface area contributed by atoms with Crippen LogP contribution in [-0.2, 0) is 0 Å². The maximum atomic E-state index is 13.6. The normalized spacial score (nSPS) is 14.6. The average Bonchev–Trinajstić information content (AvgIpc) is 2.86. The number of para-hydroxylation sites is 1. The standard InChI is InChI=1S/C27H19Br2N3O3/c1-3-13-34-24-11-9-19(28)15-18(24)17-30-32-26(31-23-8-6-5-7-21(23)27(32)33)22-16-20(29)10-12-25(22)35-14-4-2/h1-2,5-12,15-17,26,31H,13-14H2.